The SMILES string of the molecule is C=C(C)C(=O)OC1CCC(C2CCC(OC=O)CC2)CC1. The van der Waals surface area contributed by atoms with Crippen LogP contribution in [0.2, 0.25) is 0 Å². The Balaban J connectivity index is 1.71. The first-order valence-electron chi connectivity index (χ1n) is 8.05. The topological polar surface area (TPSA) is 52.6 Å². The summed E-state index contributed by atoms with van der Waals surface area (Å²) in [6, 6.07) is 0. The molecule has 4 heteroatoms. The molecule has 0 aromatic rings. The van der Waals surface area contributed by atoms with Crippen molar-refractivity contribution < 1.29 is 19.1 Å². The Hall–Kier alpha value is -1.32. The van der Waals surface area contributed by atoms with E-state index in [0.29, 0.717) is 12.0 Å². The molecule has 2 aliphatic carbocycles. The Morgan fingerprint density at radius 1 is 0.952 bits per heavy atom. The van der Waals surface area contributed by atoms with Crippen LogP contribution in [0.25, 0.3) is 0 Å². The minimum Gasteiger partial charge on any atom is -0.465 e. The minimum absolute atomic E-state index is 0.0696. The maximum atomic E-state index is 11.5. The van der Waals surface area contributed by atoms with E-state index in [1.54, 1.807) is 6.92 Å². The number of rotatable bonds is 5. The van der Waals surface area contributed by atoms with E-state index in [-0.39, 0.29) is 18.2 Å². The largest absolute Gasteiger partial charge is 0.465 e. The zero-order valence-corrected chi connectivity index (χ0v) is 12.9. The molecule has 2 saturated carbocycles. The van der Waals surface area contributed by atoms with Gasteiger partial charge in [-0.15, -0.1) is 0 Å². The molecule has 0 aliphatic heterocycles. The first-order valence-corrected chi connectivity index (χ1v) is 8.05. The smallest absolute Gasteiger partial charge is 0.333 e. The number of esters is 1. The highest BCUT2D eigenvalue weighted by Gasteiger charge is 2.32. The third-order valence-corrected chi connectivity index (χ3v) is 4.97. The lowest BCUT2D eigenvalue weighted by Crippen LogP contribution is -2.31. The summed E-state index contributed by atoms with van der Waals surface area (Å²) >= 11 is 0. The fourth-order valence-electron chi connectivity index (χ4n) is 3.70. The standard InChI is InChI=1S/C17H26O4/c1-12(2)17(19)21-16-9-5-14(6-10-16)13-3-7-15(8-4-13)20-11-18/h11,13-16H,1,3-10H2,2H3. The van der Waals surface area contributed by atoms with Crippen LogP contribution >= 0.6 is 0 Å². The van der Waals surface area contributed by atoms with Crippen LogP contribution in [0.3, 0.4) is 0 Å². The van der Waals surface area contributed by atoms with Gasteiger partial charge in [0.2, 0.25) is 0 Å². The summed E-state index contributed by atoms with van der Waals surface area (Å²) in [4.78, 5) is 21.9. The van der Waals surface area contributed by atoms with Crippen LogP contribution in [0, 0.1) is 11.8 Å². The Bertz CT molecular complexity index is 374. The highest BCUT2D eigenvalue weighted by atomic mass is 16.5. The number of carbonyl (C=O) groups is 2. The fourth-order valence-corrected chi connectivity index (χ4v) is 3.70. The van der Waals surface area contributed by atoms with Gasteiger partial charge in [-0.25, -0.2) is 4.79 Å². The molecule has 0 amide bonds. The molecule has 0 aromatic carbocycles. The third-order valence-electron chi connectivity index (χ3n) is 4.97. The minimum atomic E-state index is -0.259. The van der Waals surface area contributed by atoms with Gasteiger partial charge in [0.1, 0.15) is 12.2 Å². The molecule has 0 spiro atoms. The van der Waals surface area contributed by atoms with Crippen molar-refractivity contribution in [3.05, 3.63) is 12.2 Å². The summed E-state index contributed by atoms with van der Waals surface area (Å²) in [6.07, 6.45) is 8.70. The van der Waals surface area contributed by atoms with Gasteiger partial charge in [0, 0.05) is 5.57 Å². The van der Waals surface area contributed by atoms with E-state index < -0.39 is 0 Å². The molecule has 0 heterocycles. The molecular weight excluding hydrogens is 268 g/mol. The van der Waals surface area contributed by atoms with Crippen LogP contribution in [0.1, 0.15) is 58.3 Å². The number of hydrogen-bond donors (Lipinski definition) is 0. The number of carbonyl (C=O) groups excluding carboxylic acids is 2. The average molecular weight is 294 g/mol. The van der Waals surface area contributed by atoms with E-state index in [2.05, 4.69) is 6.58 Å². The summed E-state index contributed by atoms with van der Waals surface area (Å²) < 4.78 is 10.5. The van der Waals surface area contributed by atoms with Gasteiger partial charge >= 0.3 is 5.97 Å². The molecule has 118 valence electrons. The second-order valence-electron chi connectivity index (χ2n) is 6.49. The molecule has 2 rings (SSSR count). The Kier molecular flexibility index (Phi) is 5.83. The lowest BCUT2D eigenvalue weighted by molar-refractivity contribution is -0.146. The summed E-state index contributed by atoms with van der Waals surface area (Å²) in [5.41, 5.74) is 0.477. The lowest BCUT2D eigenvalue weighted by atomic mass is 9.72. The third kappa shape index (κ3) is 4.58. The van der Waals surface area contributed by atoms with Crippen molar-refractivity contribution in [3.63, 3.8) is 0 Å². The van der Waals surface area contributed by atoms with Crippen LogP contribution in [0.4, 0.5) is 0 Å². The van der Waals surface area contributed by atoms with E-state index in [1.807, 2.05) is 0 Å². The number of ether oxygens (including phenoxy) is 2. The van der Waals surface area contributed by atoms with E-state index in [9.17, 15) is 9.59 Å². The Morgan fingerprint density at radius 2 is 1.43 bits per heavy atom. The van der Waals surface area contributed by atoms with E-state index in [0.717, 1.165) is 63.2 Å². The van der Waals surface area contributed by atoms with E-state index >= 15 is 0 Å². The molecule has 2 fully saturated rings. The van der Waals surface area contributed by atoms with Gasteiger partial charge in [0.05, 0.1) is 0 Å². The Labute approximate surface area is 126 Å². The fraction of sp³-hybridized carbons (Fsp3) is 0.765. The molecule has 0 atom stereocenters. The predicted molar refractivity (Wildman–Crippen MR) is 79.5 cm³/mol. The van der Waals surface area contributed by atoms with Gasteiger partial charge in [-0.1, -0.05) is 6.58 Å². The van der Waals surface area contributed by atoms with Crippen LogP contribution in [-0.4, -0.2) is 24.6 Å². The molecule has 0 aromatic heterocycles. The van der Waals surface area contributed by atoms with Crippen molar-refractivity contribution >= 4 is 12.4 Å². The molecule has 0 unspecified atom stereocenters. The highest BCUT2D eigenvalue weighted by Crippen LogP contribution is 2.39. The first kappa shape index (κ1) is 16.1. The second kappa shape index (κ2) is 7.62. The molecule has 0 radical (unpaired) electrons. The first-order chi connectivity index (χ1) is 10.1. The normalized spacial score (nSPS) is 33.0. The van der Waals surface area contributed by atoms with Crippen molar-refractivity contribution in [3.8, 4) is 0 Å². The maximum Gasteiger partial charge on any atom is 0.333 e. The highest BCUT2D eigenvalue weighted by molar-refractivity contribution is 5.87. The van der Waals surface area contributed by atoms with Crippen molar-refractivity contribution in [2.24, 2.45) is 11.8 Å². The van der Waals surface area contributed by atoms with Gasteiger partial charge in [0.15, 0.2) is 0 Å². The molecule has 0 N–H and O–H groups in total. The number of hydrogen-bond acceptors (Lipinski definition) is 4. The predicted octanol–water partition coefficient (Wildman–Crippen LogP) is 3.40. The molecule has 0 saturated heterocycles. The van der Waals surface area contributed by atoms with E-state index in [4.69, 9.17) is 9.47 Å². The van der Waals surface area contributed by atoms with Gasteiger partial charge in [-0.2, -0.15) is 0 Å². The zero-order chi connectivity index (χ0) is 15.2. The van der Waals surface area contributed by atoms with Crippen LogP contribution < -0.4 is 0 Å². The van der Waals surface area contributed by atoms with Gasteiger partial charge in [-0.3, -0.25) is 4.79 Å². The maximum absolute atomic E-state index is 11.5. The van der Waals surface area contributed by atoms with Crippen molar-refractivity contribution in [2.75, 3.05) is 0 Å². The molecule has 21 heavy (non-hydrogen) atoms. The van der Waals surface area contributed by atoms with Gasteiger partial charge < -0.3 is 9.47 Å². The lowest BCUT2D eigenvalue weighted by Gasteiger charge is -2.37. The average Bonchev–Trinajstić information content (AvgIpc) is 2.49. The van der Waals surface area contributed by atoms with Gasteiger partial charge in [0.25, 0.3) is 6.47 Å². The molecule has 4 nitrogen and oxygen atoms in total. The molecule has 0 bridgehead atoms. The molecule has 2 aliphatic rings. The van der Waals surface area contributed by atoms with Gasteiger partial charge in [-0.05, 0) is 70.1 Å². The van der Waals surface area contributed by atoms with E-state index in [1.165, 1.54) is 0 Å². The summed E-state index contributed by atoms with van der Waals surface area (Å²) in [5.74, 6) is 1.22. The van der Waals surface area contributed by atoms with Crippen LogP contribution in [-0.2, 0) is 19.1 Å². The summed E-state index contributed by atoms with van der Waals surface area (Å²) in [6.45, 7) is 5.88. The summed E-state index contributed by atoms with van der Waals surface area (Å²) in [5, 5.41) is 0. The molecular formula is C17H26O4. The second-order valence-corrected chi connectivity index (χ2v) is 6.49. The van der Waals surface area contributed by atoms with Crippen molar-refractivity contribution in [1.29, 1.82) is 0 Å². The summed E-state index contributed by atoms with van der Waals surface area (Å²) in [7, 11) is 0. The van der Waals surface area contributed by atoms with Crippen LogP contribution in [0.15, 0.2) is 12.2 Å². The van der Waals surface area contributed by atoms with Crippen molar-refractivity contribution in [1.82, 2.24) is 0 Å². The van der Waals surface area contributed by atoms with Crippen LogP contribution in [0.5, 0.6) is 0 Å². The van der Waals surface area contributed by atoms with Crippen molar-refractivity contribution in [2.45, 2.75) is 70.5 Å². The Morgan fingerprint density at radius 3 is 1.86 bits per heavy atom. The monoisotopic (exact) mass is 294 g/mol. The quantitative estimate of drug-likeness (QED) is 0.443. The zero-order valence-electron chi connectivity index (χ0n) is 12.9.